The van der Waals surface area contributed by atoms with Crippen LogP contribution in [0.5, 0.6) is 0 Å². The summed E-state index contributed by atoms with van der Waals surface area (Å²) in [6, 6.07) is 21.5. The van der Waals surface area contributed by atoms with Crippen molar-refractivity contribution in [2.24, 2.45) is 0 Å². The first-order valence-corrected chi connectivity index (χ1v) is 7.18. The van der Waals surface area contributed by atoms with E-state index in [9.17, 15) is 4.79 Å². The van der Waals surface area contributed by atoms with E-state index in [1.165, 1.54) is 0 Å². The first-order chi connectivity index (χ1) is 10.8. The maximum absolute atomic E-state index is 12.2. The number of rotatable bonds is 4. The zero-order valence-electron chi connectivity index (χ0n) is 12.2. The zero-order valence-corrected chi connectivity index (χ0v) is 12.2. The Kier molecular flexibility index (Phi) is 4.01. The molecule has 3 rings (SSSR count). The Bertz CT molecular complexity index is 831. The smallest absolute Gasteiger partial charge is 0.339 e. The van der Waals surface area contributed by atoms with Crippen LogP contribution in [0.3, 0.4) is 0 Å². The minimum atomic E-state index is -0.307. The van der Waals surface area contributed by atoms with Crippen molar-refractivity contribution in [3.05, 3.63) is 95.4 Å². The van der Waals surface area contributed by atoms with E-state index in [0.29, 0.717) is 17.7 Å². The molecule has 22 heavy (non-hydrogen) atoms. The fraction of sp³-hybridized carbons (Fsp3) is 0.0500. The molecule has 0 unspecified atom stereocenters. The van der Waals surface area contributed by atoms with Gasteiger partial charge < -0.3 is 4.42 Å². The van der Waals surface area contributed by atoms with Crippen LogP contribution in [0.4, 0.5) is 0 Å². The molecule has 0 N–H and O–H groups in total. The predicted molar refractivity (Wildman–Crippen MR) is 89.8 cm³/mol. The lowest BCUT2D eigenvalue weighted by Gasteiger charge is -2.10. The van der Waals surface area contributed by atoms with Crippen molar-refractivity contribution < 1.29 is 4.42 Å². The summed E-state index contributed by atoms with van der Waals surface area (Å²) >= 11 is 0. The van der Waals surface area contributed by atoms with Crippen LogP contribution in [0.25, 0.3) is 22.5 Å². The normalized spacial score (nSPS) is 10.4. The largest absolute Gasteiger partial charge is 0.422 e. The molecule has 0 aliphatic heterocycles. The van der Waals surface area contributed by atoms with E-state index < -0.39 is 0 Å². The second-order valence-corrected chi connectivity index (χ2v) is 5.03. The van der Waals surface area contributed by atoms with Crippen molar-refractivity contribution >= 4 is 0 Å². The number of allylic oxidation sites excluding steroid dienone is 1. The molecule has 0 bridgehead atoms. The van der Waals surface area contributed by atoms with Gasteiger partial charge in [0.15, 0.2) is 0 Å². The summed E-state index contributed by atoms with van der Waals surface area (Å²) in [4.78, 5) is 12.2. The lowest BCUT2D eigenvalue weighted by Crippen LogP contribution is -2.08. The van der Waals surface area contributed by atoms with Crippen molar-refractivity contribution in [2.45, 2.75) is 6.42 Å². The Hall–Kier alpha value is -2.87. The molecular weight excluding hydrogens is 272 g/mol. The van der Waals surface area contributed by atoms with Crippen LogP contribution in [0.15, 0.2) is 88.6 Å². The lowest BCUT2D eigenvalue weighted by atomic mass is 9.98. The van der Waals surface area contributed by atoms with Gasteiger partial charge >= 0.3 is 5.63 Å². The standard InChI is InChI=1S/C20H16O2/c1-2-9-17-14-18(15-10-5-3-6-11-15)19(22-20(17)21)16-12-7-4-8-13-16/h2-8,10-14H,1,9H2. The van der Waals surface area contributed by atoms with Gasteiger partial charge in [-0.05, 0) is 18.1 Å². The molecule has 2 heteroatoms. The van der Waals surface area contributed by atoms with Gasteiger partial charge in [-0.1, -0.05) is 66.7 Å². The monoisotopic (exact) mass is 288 g/mol. The van der Waals surface area contributed by atoms with E-state index in [4.69, 9.17) is 4.42 Å². The van der Waals surface area contributed by atoms with Gasteiger partial charge in [-0.25, -0.2) is 4.79 Å². The average Bonchev–Trinajstić information content (AvgIpc) is 2.58. The summed E-state index contributed by atoms with van der Waals surface area (Å²) in [5.41, 5.74) is 3.15. The fourth-order valence-electron chi connectivity index (χ4n) is 2.45. The molecule has 0 aliphatic rings. The first kappa shape index (κ1) is 14.1. The highest BCUT2D eigenvalue weighted by Crippen LogP contribution is 2.31. The number of hydrogen-bond donors (Lipinski definition) is 0. The maximum Gasteiger partial charge on any atom is 0.339 e. The van der Waals surface area contributed by atoms with Gasteiger partial charge in [0, 0.05) is 16.7 Å². The molecule has 0 saturated carbocycles. The van der Waals surface area contributed by atoms with Crippen LogP contribution < -0.4 is 5.63 Å². The van der Waals surface area contributed by atoms with Gasteiger partial charge in [-0.3, -0.25) is 0 Å². The number of benzene rings is 2. The minimum Gasteiger partial charge on any atom is -0.422 e. The Morgan fingerprint density at radius 3 is 2.09 bits per heavy atom. The van der Waals surface area contributed by atoms with Crippen molar-refractivity contribution in [1.29, 1.82) is 0 Å². The summed E-state index contributed by atoms with van der Waals surface area (Å²) < 4.78 is 5.63. The fourth-order valence-corrected chi connectivity index (χ4v) is 2.45. The maximum atomic E-state index is 12.2. The summed E-state index contributed by atoms with van der Waals surface area (Å²) in [6.45, 7) is 3.70. The molecule has 3 aromatic rings. The summed E-state index contributed by atoms with van der Waals surface area (Å²) in [6.07, 6.45) is 2.21. The van der Waals surface area contributed by atoms with Crippen LogP contribution >= 0.6 is 0 Å². The lowest BCUT2D eigenvalue weighted by molar-refractivity contribution is 0.520. The van der Waals surface area contributed by atoms with E-state index in [0.717, 1.165) is 16.7 Å². The van der Waals surface area contributed by atoms with E-state index >= 15 is 0 Å². The highest BCUT2D eigenvalue weighted by molar-refractivity contribution is 5.79. The Labute approximate surface area is 129 Å². The van der Waals surface area contributed by atoms with Gasteiger partial charge in [0.2, 0.25) is 0 Å². The third-order valence-electron chi connectivity index (χ3n) is 3.51. The molecule has 2 nitrogen and oxygen atoms in total. The molecule has 0 aliphatic carbocycles. The summed E-state index contributed by atoms with van der Waals surface area (Å²) in [5.74, 6) is 0.601. The average molecular weight is 288 g/mol. The molecule has 0 atom stereocenters. The molecule has 2 aromatic carbocycles. The van der Waals surface area contributed by atoms with E-state index in [2.05, 4.69) is 6.58 Å². The summed E-state index contributed by atoms with van der Waals surface area (Å²) in [7, 11) is 0. The molecule has 1 aromatic heterocycles. The second kappa shape index (κ2) is 6.27. The van der Waals surface area contributed by atoms with Crippen molar-refractivity contribution in [3.63, 3.8) is 0 Å². The van der Waals surface area contributed by atoms with Crippen molar-refractivity contribution in [1.82, 2.24) is 0 Å². The van der Waals surface area contributed by atoms with Gasteiger partial charge in [-0.2, -0.15) is 0 Å². The van der Waals surface area contributed by atoms with Crippen LogP contribution in [0.1, 0.15) is 5.56 Å². The van der Waals surface area contributed by atoms with Crippen LogP contribution in [0.2, 0.25) is 0 Å². The molecule has 0 fully saturated rings. The van der Waals surface area contributed by atoms with Crippen LogP contribution in [0, 0.1) is 0 Å². The molecule has 0 radical (unpaired) electrons. The van der Waals surface area contributed by atoms with E-state index in [1.807, 2.05) is 66.7 Å². The highest BCUT2D eigenvalue weighted by atomic mass is 16.4. The molecule has 108 valence electrons. The quantitative estimate of drug-likeness (QED) is 0.651. The second-order valence-electron chi connectivity index (χ2n) is 5.03. The van der Waals surface area contributed by atoms with Gasteiger partial charge in [0.1, 0.15) is 5.76 Å². The van der Waals surface area contributed by atoms with Gasteiger partial charge in [0.05, 0.1) is 0 Å². The zero-order chi connectivity index (χ0) is 15.4. The third kappa shape index (κ3) is 2.77. The minimum absolute atomic E-state index is 0.307. The Morgan fingerprint density at radius 2 is 1.50 bits per heavy atom. The van der Waals surface area contributed by atoms with Crippen LogP contribution in [-0.4, -0.2) is 0 Å². The van der Waals surface area contributed by atoms with E-state index in [1.54, 1.807) is 6.08 Å². The van der Waals surface area contributed by atoms with Gasteiger partial charge in [-0.15, -0.1) is 6.58 Å². The molecular formula is C20H16O2. The van der Waals surface area contributed by atoms with Gasteiger partial charge in [0.25, 0.3) is 0 Å². The van der Waals surface area contributed by atoms with Crippen LogP contribution in [-0.2, 0) is 6.42 Å². The highest BCUT2D eigenvalue weighted by Gasteiger charge is 2.13. The van der Waals surface area contributed by atoms with E-state index in [-0.39, 0.29) is 5.63 Å². The molecule has 0 saturated heterocycles. The molecule has 0 amide bonds. The Morgan fingerprint density at radius 1 is 0.909 bits per heavy atom. The topological polar surface area (TPSA) is 30.2 Å². The molecule has 0 spiro atoms. The Balaban J connectivity index is 2.26. The number of hydrogen-bond acceptors (Lipinski definition) is 2. The third-order valence-corrected chi connectivity index (χ3v) is 3.51. The predicted octanol–water partition coefficient (Wildman–Crippen LogP) is 4.70. The van der Waals surface area contributed by atoms with Crippen molar-refractivity contribution in [2.75, 3.05) is 0 Å². The summed E-state index contributed by atoms with van der Waals surface area (Å²) in [5, 5.41) is 0. The van der Waals surface area contributed by atoms with Crippen molar-refractivity contribution in [3.8, 4) is 22.5 Å². The first-order valence-electron chi connectivity index (χ1n) is 7.18. The molecule has 1 heterocycles. The SMILES string of the molecule is C=CCc1cc(-c2ccccc2)c(-c2ccccc2)oc1=O.